The quantitative estimate of drug-likeness (QED) is 0.782. The number of hydrogen-bond acceptors (Lipinski definition) is 2. The fourth-order valence-corrected chi connectivity index (χ4v) is 2.13. The fourth-order valence-electron chi connectivity index (χ4n) is 2.13. The second kappa shape index (κ2) is 8.18. The average molecular weight is 309 g/mol. The van der Waals surface area contributed by atoms with Crippen LogP contribution in [0, 0.1) is 13.8 Å². The maximum Gasteiger partial charge on any atom is 0.248 e. The fraction of sp³-hybridized carbons (Fsp3) is 0.250. The van der Waals surface area contributed by atoms with Crippen molar-refractivity contribution in [3.05, 3.63) is 65.2 Å². The standard InChI is InChI=1S/C20H23NO2/c1-4-14-23-18-11-8-17(9-12-18)10-13-20(22)21-19-7-5-6-15(2)16(19)3/h5-13H,4,14H2,1-3H3,(H,21,22)/b13-10+. The second-order valence-electron chi connectivity index (χ2n) is 5.49. The van der Waals surface area contributed by atoms with Crippen LogP contribution >= 0.6 is 0 Å². The molecule has 0 atom stereocenters. The Morgan fingerprint density at radius 2 is 1.87 bits per heavy atom. The molecular weight excluding hydrogens is 286 g/mol. The van der Waals surface area contributed by atoms with Gasteiger partial charge in [-0.15, -0.1) is 0 Å². The summed E-state index contributed by atoms with van der Waals surface area (Å²) < 4.78 is 5.54. The van der Waals surface area contributed by atoms with E-state index in [1.165, 1.54) is 0 Å². The van der Waals surface area contributed by atoms with E-state index in [2.05, 4.69) is 12.2 Å². The highest BCUT2D eigenvalue weighted by molar-refractivity contribution is 6.02. The van der Waals surface area contributed by atoms with Gasteiger partial charge in [-0.3, -0.25) is 4.79 Å². The van der Waals surface area contributed by atoms with Gasteiger partial charge in [0.15, 0.2) is 0 Å². The number of carbonyl (C=O) groups is 1. The summed E-state index contributed by atoms with van der Waals surface area (Å²) in [6, 6.07) is 13.6. The third-order valence-electron chi connectivity index (χ3n) is 3.64. The monoisotopic (exact) mass is 309 g/mol. The highest BCUT2D eigenvalue weighted by Gasteiger charge is 2.03. The molecule has 0 spiro atoms. The predicted molar refractivity (Wildman–Crippen MR) is 95.8 cm³/mol. The molecule has 0 aliphatic rings. The molecule has 2 aromatic carbocycles. The van der Waals surface area contributed by atoms with E-state index in [9.17, 15) is 4.79 Å². The van der Waals surface area contributed by atoms with Crippen molar-refractivity contribution < 1.29 is 9.53 Å². The van der Waals surface area contributed by atoms with E-state index in [1.54, 1.807) is 12.2 Å². The normalized spacial score (nSPS) is 10.7. The summed E-state index contributed by atoms with van der Waals surface area (Å²) in [7, 11) is 0. The van der Waals surface area contributed by atoms with Gasteiger partial charge in [-0.2, -0.15) is 0 Å². The molecule has 0 fully saturated rings. The molecule has 0 aliphatic carbocycles. The van der Waals surface area contributed by atoms with Crippen LogP contribution in [0.15, 0.2) is 48.5 Å². The van der Waals surface area contributed by atoms with Gasteiger partial charge in [-0.05, 0) is 61.2 Å². The van der Waals surface area contributed by atoms with Crippen molar-refractivity contribution in [1.82, 2.24) is 0 Å². The topological polar surface area (TPSA) is 38.3 Å². The maximum atomic E-state index is 12.0. The van der Waals surface area contributed by atoms with Crippen LogP contribution in [0.2, 0.25) is 0 Å². The lowest BCUT2D eigenvalue weighted by atomic mass is 10.1. The summed E-state index contributed by atoms with van der Waals surface area (Å²) >= 11 is 0. The number of anilines is 1. The molecule has 0 saturated carbocycles. The van der Waals surface area contributed by atoms with Gasteiger partial charge >= 0.3 is 0 Å². The number of aryl methyl sites for hydroxylation is 1. The Kier molecular flexibility index (Phi) is 5.98. The van der Waals surface area contributed by atoms with Crippen molar-refractivity contribution in [3.8, 4) is 5.75 Å². The highest BCUT2D eigenvalue weighted by atomic mass is 16.5. The van der Waals surface area contributed by atoms with Crippen molar-refractivity contribution in [2.75, 3.05) is 11.9 Å². The van der Waals surface area contributed by atoms with Crippen LogP contribution in [-0.2, 0) is 4.79 Å². The average Bonchev–Trinajstić information content (AvgIpc) is 2.56. The summed E-state index contributed by atoms with van der Waals surface area (Å²) in [4.78, 5) is 12.0. The van der Waals surface area contributed by atoms with Crippen molar-refractivity contribution in [2.24, 2.45) is 0 Å². The van der Waals surface area contributed by atoms with Crippen LogP contribution in [0.3, 0.4) is 0 Å². The summed E-state index contributed by atoms with van der Waals surface area (Å²) in [5.41, 5.74) is 4.06. The van der Waals surface area contributed by atoms with Gasteiger partial charge in [0.25, 0.3) is 0 Å². The molecule has 3 heteroatoms. The molecular formula is C20H23NO2. The lowest BCUT2D eigenvalue weighted by molar-refractivity contribution is -0.111. The van der Waals surface area contributed by atoms with E-state index in [4.69, 9.17) is 4.74 Å². The Morgan fingerprint density at radius 3 is 2.57 bits per heavy atom. The zero-order valence-electron chi connectivity index (χ0n) is 13.9. The summed E-state index contributed by atoms with van der Waals surface area (Å²) in [6.45, 7) is 6.83. The zero-order chi connectivity index (χ0) is 16.7. The molecule has 1 amide bonds. The van der Waals surface area contributed by atoms with Crippen molar-refractivity contribution >= 4 is 17.7 Å². The van der Waals surface area contributed by atoms with E-state index in [-0.39, 0.29) is 5.91 Å². The first-order valence-electron chi connectivity index (χ1n) is 7.88. The molecule has 0 aromatic heterocycles. The molecule has 0 unspecified atom stereocenters. The number of carbonyl (C=O) groups excluding carboxylic acids is 1. The van der Waals surface area contributed by atoms with Crippen LogP contribution in [0.25, 0.3) is 6.08 Å². The summed E-state index contributed by atoms with van der Waals surface area (Å²) in [6.07, 6.45) is 4.33. The van der Waals surface area contributed by atoms with Gasteiger partial charge in [-0.25, -0.2) is 0 Å². The van der Waals surface area contributed by atoms with Crippen LogP contribution in [0.5, 0.6) is 5.75 Å². The molecule has 2 rings (SSSR count). The predicted octanol–water partition coefficient (Wildman–Crippen LogP) is 4.74. The number of ether oxygens (including phenoxy) is 1. The van der Waals surface area contributed by atoms with Gasteiger partial charge in [-0.1, -0.05) is 31.2 Å². The third kappa shape index (κ3) is 4.99. The smallest absolute Gasteiger partial charge is 0.248 e. The Bertz CT molecular complexity index is 687. The second-order valence-corrected chi connectivity index (χ2v) is 5.49. The number of hydrogen-bond donors (Lipinski definition) is 1. The Labute approximate surface area is 138 Å². The van der Waals surface area contributed by atoms with Crippen molar-refractivity contribution in [3.63, 3.8) is 0 Å². The molecule has 120 valence electrons. The Balaban J connectivity index is 1.96. The minimum atomic E-state index is -0.134. The first kappa shape index (κ1) is 16.8. The first-order chi connectivity index (χ1) is 11.1. The van der Waals surface area contributed by atoms with E-state index in [0.717, 1.165) is 34.5 Å². The molecule has 0 saturated heterocycles. The molecule has 3 nitrogen and oxygen atoms in total. The SMILES string of the molecule is CCCOc1ccc(/C=C/C(=O)Nc2cccc(C)c2C)cc1. The highest BCUT2D eigenvalue weighted by Crippen LogP contribution is 2.18. The third-order valence-corrected chi connectivity index (χ3v) is 3.64. The number of rotatable bonds is 6. The van der Waals surface area contributed by atoms with Gasteiger partial charge in [0.2, 0.25) is 5.91 Å². The summed E-state index contributed by atoms with van der Waals surface area (Å²) in [5, 5.41) is 2.91. The molecule has 23 heavy (non-hydrogen) atoms. The largest absolute Gasteiger partial charge is 0.494 e. The maximum absolute atomic E-state index is 12.0. The molecule has 0 bridgehead atoms. The van der Waals surface area contributed by atoms with Crippen LogP contribution in [-0.4, -0.2) is 12.5 Å². The molecule has 0 aliphatic heterocycles. The van der Waals surface area contributed by atoms with Gasteiger partial charge in [0.1, 0.15) is 5.75 Å². The number of benzene rings is 2. The van der Waals surface area contributed by atoms with Gasteiger partial charge in [0, 0.05) is 11.8 Å². The van der Waals surface area contributed by atoms with Crippen LogP contribution in [0.1, 0.15) is 30.0 Å². The zero-order valence-corrected chi connectivity index (χ0v) is 13.9. The molecule has 2 aromatic rings. The van der Waals surface area contributed by atoms with E-state index in [1.807, 2.05) is 56.3 Å². The van der Waals surface area contributed by atoms with E-state index >= 15 is 0 Å². The van der Waals surface area contributed by atoms with Crippen LogP contribution in [0.4, 0.5) is 5.69 Å². The van der Waals surface area contributed by atoms with E-state index in [0.29, 0.717) is 6.61 Å². The Morgan fingerprint density at radius 1 is 1.13 bits per heavy atom. The Hall–Kier alpha value is -2.55. The van der Waals surface area contributed by atoms with Crippen LogP contribution < -0.4 is 10.1 Å². The summed E-state index contributed by atoms with van der Waals surface area (Å²) in [5.74, 6) is 0.717. The number of amides is 1. The lowest BCUT2D eigenvalue weighted by Gasteiger charge is -2.08. The van der Waals surface area contributed by atoms with E-state index < -0.39 is 0 Å². The number of nitrogens with one attached hydrogen (secondary N) is 1. The molecule has 0 radical (unpaired) electrons. The molecule has 1 N–H and O–H groups in total. The first-order valence-corrected chi connectivity index (χ1v) is 7.88. The van der Waals surface area contributed by atoms with Crippen molar-refractivity contribution in [2.45, 2.75) is 27.2 Å². The minimum absolute atomic E-state index is 0.134. The molecule has 0 heterocycles. The van der Waals surface area contributed by atoms with Gasteiger partial charge < -0.3 is 10.1 Å². The van der Waals surface area contributed by atoms with Crippen molar-refractivity contribution in [1.29, 1.82) is 0 Å². The minimum Gasteiger partial charge on any atom is -0.494 e. The van der Waals surface area contributed by atoms with Gasteiger partial charge in [0.05, 0.1) is 6.61 Å². The lowest BCUT2D eigenvalue weighted by Crippen LogP contribution is -2.09.